The van der Waals surface area contributed by atoms with Crippen LogP contribution in [0.1, 0.15) is 18.7 Å². The molecule has 0 unspecified atom stereocenters. The second-order valence-electron chi connectivity index (χ2n) is 2.61. The maximum absolute atomic E-state index is 5.39. The monoisotopic (exact) mass is 201 g/mol. The number of aromatic nitrogens is 2. The molecule has 1 heterocycles. The van der Waals surface area contributed by atoms with Gasteiger partial charge in [0.15, 0.2) is 0 Å². The Balaban J connectivity index is 2.34. The van der Waals surface area contributed by atoms with Crippen molar-refractivity contribution in [3.63, 3.8) is 0 Å². The molecule has 0 aliphatic rings. The van der Waals surface area contributed by atoms with Crippen LogP contribution in [0.15, 0.2) is 4.42 Å². The highest BCUT2D eigenvalue weighted by Gasteiger charge is 2.03. The van der Waals surface area contributed by atoms with Gasteiger partial charge in [-0.3, -0.25) is 0 Å². The molecule has 1 aromatic rings. The highest BCUT2D eigenvalue weighted by molar-refractivity contribution is 7.98. The molecule has 74 valence electrons. The molecule has 0 radical (unpaired) electrons. The lowest BCUT2D eigenvalue weighted by atomic mass is 10.5. The fraction of sp³-hybridized carbons (Fsp3) is 0.750. The van der Waals surface area contributed by atoms with Crippen molar-refractivity contribution in [2.24, 2.45) is 0 Å². The normalized spacial score (nSPS) is 10.6. The molecule has 0 saturated heterocycles. The predicted molar refractivity (Wildman–Crippen MR) is 53.8 cm³/mol. The third-order valence-corrected chi connectivity index (χ3v) is 2.17. The fourth-order valence-corrected chi connectivity index (χ4v) is 1.26. The van der Waals surface area contributed by atoms with Gasteiger partial charge in [0.1, 0.15) is 0 Å². The molecule has 0 aliphatic carbocycles. The van der Waals surface area contributed by atoms with Gasteiger partial charge in [-0.1, -0.05) is 6.92 Å². The quantitative estimate of drug-likeness (QED) is 0.746. The maximum Gasteiger partial charge on any atom is 0.230 e. The second kappa shape index (κ2) is 5.99. The summed E-state index contributed by atoms with van der Waals surface area (Å²) in [6, 6.07) is 0. The molecule has 1 aromatic heterocycles. The van der Waals surface area contributed by atoms with Crippen LogP contribution >= 0.6 is 11.8 Å². The molecule has 0 aromatic carbocycles. The standard InChI is InChI=1S/C8H15N3OS/c1-3-9-6-8-11-10-7(12-8)4-5-13-2/h9H,3-6H2,1-2H3. The average Bonchev–Trinajstić information content (AvgIpc) is 2.59. The zero-order chi connectivity index (χ0) is 9.52. The first-order valence-electron chi connectivity index (χ1n) is 4.37. The highest BCUT2D eigenvalue weighted by Crippen LogP contribution is 2.03. The first-order valence-corrected chi connectivity index (χ1v) is 5.77. The van der Waals surface area contributed by atoms with Gasteiger partial charge in [-0.25, -0.2) is 0 Å². The highest BCUT2D eigenvalue weighted by atomic mass is 32.2. The summed E-state index contributed by atoms with van der Waals surface area (Å²) in [5, 5.41) is 11.0. The Hall–Kier alpha value is -0.550. The van der Waals surface area contributed by atoms with Gasteiger partial charge in [0.2, 0.25) is 11.8 Å². The van der Waals surface area contributed by atoms with E-state index in [1.54, 1.807) is 11.8 Å². The van der Waals surface area contributed by atoms with Crippen LogP contribution < -0.4 is 5.32 Å². The van der Waals surface area contributed by atoms with E-state index in [0.29, 0.717) is 12.4 Å². The lowest BCUT2D eigenvalue weighted by molar-refractivity contribution is 0.439. The molecule has 0 spiro atoms. The van der Waals surface area contributed by atoms with Crippen LogP contribution in [-0.4, -0.2) is 28.8 Å². The zero-order valence-electron chi connectivity index (χ0n) is 8.04. The summed E-state index contributed by atoms with van der Waals surface area (Å²) in [6.07, 6.45) is 2.93. The van der Waals surface area contributed by atoms with Crippen LogP contribution in [0.25, 0.3) is 0 Å². The van der Waals surface area contributed by atoms with Gasteiger partial charge in [0, 0.05) is 12.2 Å². The summed E-state index contributed by atoms with van der Waals surface area (Å²) in [5.41, 5.74) is 0. The Kier molecular flexibility index (Phi) is 4.85. The van der Waals surface area contributed by atoms with E-state index in [1.807, 2.05) is 6.92 Å². The smallest absolute Gasteiger partial charge is 0.230 e. The summed E-state index contributed by atoms with van der Waals surface area (Å²) in [7, 11) is 0. The molecule has 0 amide bonds. The molecule has 0 bridgehead atoms. The van der Waals surface area contributed by atoms with Crippen LogP contribution in [-0.2, 0) is 13.0 Å². The van der Waals surface area contributed by atoms with E-state index in [1.165, 1.54) is 0 Å². The molecule has 13 heavy (non-hydrogen) atoms. The summed E-state index contributed by atoms with van der Waals surface area (Å²) in [6.45, 7) is 3.64. The summed E-state index contributed by atoms with van der Waals surface area (Å²) in [5.74, 6) is 2.45. The largest absolute Gasteiger partial charge is 0.424 e. The minimum atomic E-state index is 0.669. The van der Waals surface area contributed by atoms with Gasteiger partial charge in [-0.15, -0.1) is 10.2 Å². The average molecular weight is 201 g/mol. The third-order valence-electron chi connectivity index (χ3n) is 1.55. The summed E-state index contributed by atoms with van der Waals surface area (Å²) in [4.78, 5) is 0. The molecule has 5 heteroatoms. The van der Waals surface area contributed by atoms with E-state index in [2.05, 4.69) is 21.8 Å². The minimum Gasteiger partial charge on any atom is -0.424 e. The van der Waals surface area contributed by atoms with Crippen molar-refractivity contribution < 1.29 is 4.42 Å². The molecule has 0 saturated carbocycles. The lowest BCUT2D eigenvalue weighted by Crippen LogP contribution is -2.11. The van der Waals surface area contributed by atoms with Crippen LogP contribution in [0.4, 0.5) is 0 Å². The van der Waals surface area contributed by atoms with Gasteiger partial charge < -0.3 is 9.73 Å². The topological polar surface area (TPSA) is 51.0 Å². The van der Waals surface area contributed by atoms with Gasteiger partial charge in [-0.05, 0) is 12.8 Å². The van der Waals surface area contributed by atoms with Crippen LogP contribution in [0, 0.1) is 0 Å². The molecule has 0 atom stereocenters. The Labute approximate surface area is 82.5 Å². The van der Waals surface area contributed by atoms with E-state index in [0.717, 1.165) is 24.6 Å². The van der Waals surface area contributed by atoms with E-state index in [4.69, 9.17) is 4.42 Å². The lowest BCUT2D eigenvalue weighted by Gasteiger charge is -1.93. The van der Waals surface area contributed by atoms with Crippen LogP contribution in [0.3, 0.4) is 0 Å². The van der Waals surface area contributed by atoms with E-state index in [9.17, 15) is 0 Å². The van der Waals surface area contributed by atoms with Crippen molar-refractivity contribution in [2.45, 2.75) is 19.9 Å². The summed E-state index contributed by atoms with van der Waals surface area (Å²) < 4.78 is 5.39. The van der Waals surface area contributed by atoms with E-state index < -0.39 is 0 Å². The SMILES string of the molecule is CCNCc1nnc(CCSC)o1. The molecule has 0 aliphatic heterocycles. The molecule has 1 rings (SSSR count). The predicted octanol–water partition coefficient (Wildman–Crippen LogP) is 1.08. The number of thioether (sulfide) groups is 1. The van der Waals surface area contributed by atoms with E-state index in [-0.39, 0.29) is 0 Å². The number of hydrogen-bond acceptors (Lipinski definition) is 5. The van der Waals surface area contributed by atoms with Crippen molar-refractivity contribution in [3.05, 3.63) is 11.8 Å². The van der Waals surface area contributed by atoms with Gasteiger partial charge >= 0.3 is 0 Å². The molecular weight excluding hydrogens is 186 g/mol. The number of nitrogens with zero attached hydrogens (tertiary/aromatic N) is 2. The Morgan fingerprint density at radius 1 is 1.38 bits per heavy atom. The minimum absolute atomic E-state index is 0.669. The zero-order valence-corrected chi connectivity index (χ0v) is 8.86. The third kappa shape index (κ3) is 3.78. The van der Waals surface area contributed by atoms with Crippen molar-refractivity contribution in [3.8, 4) is 0 Å². The number of nitrogens with one attached hydrogen (secondary N) is 1. The summed E-state index contributed by atoms with van der Waals surface area (Å²) >= 11 is 1.78. The second-order valence-corrected chi connectivity index (χ2v) is 3.60. The van der Waals surface area contributed by atoms with Crippen molar-refractivity contribution in [2.75, 3.05) is 18.6 Å². The Bertz CT molecular complexity index is 217. The molecule has 4 nitrogen and oxygen atoms in total. The molecule has 1 N–H and O–H groups in total. The Morgan fingerprint density at radius 2 is 2.15 bits per heavy atom. The molecular formula is C8H15N3OS. The number of rotatable bonds is 6. The van der Waals surface area contributed by atoms with Crippen molar-refractivity contribution in [1.29, 1.82) is 0 Å². The van der Waals surface area contributed by atoms with Crippen molar-refractivity contribution >= 4 is 11.8 Å². The van der Waals surface area contributed by atoms with Gasteiger partial charge in [0.05, 0.1) is 6.54 Å². The number of hydrogen-bond donors (Lipinski definition) is 1. The van der Waals surface area contributed by atoms with Gasteiger partial charge in [0.25, 0.3) is 0 Å². The fourth-order valence-electron chi connectivity index (χ4n) is 0.882. The van der Waals surface area contributed by atoms with Crippen molar-refractivity contribution in [1.82, 2.24) is 15.5 Å². The van der Waals surface area contributed by atoms with Crippen LogP contribution in [0.5, 0.6) is 0 Å². The maximum atomic E-state index is 5.39. The number of aryl methyl sites for hydroxylation is 1. The van der Waals surface area contributed by atoms with Crippen LogP contribution in [0.2, 0.25) is 0 Å². The van der Waals surface area contributed by atoms with E-state index >= 15 is 0 Å². The molecule has 0 fully saturated rings. The first kappa shape index (κ1) is 10.5. The first-order chi connectivity index (χ1) is 6.36. The Morgan fingerprint density at radius 3 is 2.85 bits per heavy atom. The van der Waals surface area contributed by atoms with Gasteiger partial charge in [-0.2, -0.15) is 11.8 Å².